The summed E-state index contributed by atoms with van der Waals surface area (Å²) in [7, 11) is 0. The predicted molar refractivity (Wildman–Crippen MR) is 106 cm³/mol. The maximum absolute atomic E-state index is 5.79. The normalized spacial score (nSPS) is 11.1. The first-order chi connectivity index (χ1) is 13.4. The van der Waals surface area contributed by atoms with Gasteiger partial charge in [-0.05, 0) is 11.6 Å². The van der Waals surface area contributed by atoms with Gasteiger partial charge >= 0.3 is 0 Å². The number of para-hydroxylation sites is 1. The predicted octanol–water partition coefficient (Wildman–Crippen LogP) is 5.41. The van der Waals surface area contributed by atoms with Gasteiger partial charge in [-0.15, -0.1) is 0 Å². The van der Waals surface area contributed by atoms with Crippen molar-refractivity contribution in [1.29, 1.82) is 0 Å². The van der Waals surface area contributed by atoms with Gasteiger partial charge in [-0.3, -0.25) is 4.68 Å². The molecule has 2 heterocycles. The van der Waals surface area contributed by atoms with Crippen LogP contribution in [-0.2, 0) is 6.54 Å². The van der Waals surface area contributed by atoms with Crippen molar-refractivity contribution in [3.63, 3.8) is 0 Å². The van der Waals surface area contributed by atoms with E-state index in [9.17, 15) is 0 Å². The number of benzene rings is 3. The fourth-order valence-electron chi connectivity index (χ4n) is 3.29. The minimum Gasteiger partial charge on any atom is -0.443 e. The van der Waals surface area contributed by atoms with Crippen LogP contribution in [0.5, 0.6) is 0 Å². The van der Waals surface area contributed by atoms with E-state index in [2.05, 4.69) is 29.2 Å². The number of oxazole rings is 1. The Balaban J connectivity index is 1.59. The lowest BCUT2D eigenvalue weighted by Crippen LogP contribution is -2.01. The Morgan fingerprint density at radius 2 is 1.48 bits per heavy atom. The van der Waals surface area contributed by atoms with Crippen molar-refractivity contribution in [3.8, 4) is 22.8 Å². The van der Waals surface area contributed by atoms with Crippen LogP contribution < -0.4 is 0 Å². The number of hydrogen-bond acceptors (Lipinski definition) is 3. The van der Waals surface area contributed by atoms with Gasteiger partial charge in [-0.25, -0.2) is 4.98 Å². The molecule has 0 aliphatic carbocycles. The third-order valence-electron chi connectivity index (χ3n) is 4.61. The van der Waals surface area contributed by atoms with Crippen LogP contribution in [0.25, 0.3) is 33.7 Å². The van der Waals surface area contributed by atoms with Gasteiger partial charge in [-0.2, -0.15) is 5.10 Å². The molecule has 0 radical (unpaired) electrons. The molecule has 5 rings (SSSR count). The molecule has 0 saturated heterocycles. The number of rotatable bonds is 4. The molecule has 0 bridgehead atoms. The van der Waals surface area contributed by atoms with Crippen LogP contribution in [-0.4, -0.2) is 14.8 Å². The van der Waals surface area contributed by atoms with Gasteiger partial charge < -0.3 is 4.42 Å². The van der Waals surface area contributed by atoms with Gasteiger partial charge in [0.25, 0.3) is 0 Å². The van der Waals surface area contributed by atoms with E-state index in [1.165, 1.54) is 5.56 Å². The van der Waals surface area contributed by atoms with E-state index in [-0.39, 0.29) is 0 Å². The maximum Gasteiger partial charge on any atom is 0.248 e. The first-order valence-corrected chi connectivity index (χ1v) is 8.89. The van der Waals surface area contributed by atoms with Crippen LogP contribution in [0.4, 0.5) is 0 Å². The van der Waals surface area contributed by atoms with Gasteiger partial charge in [0.05, 0.1) is 12.1 Å². The van der Waals surface area contributed by atoms with Crippen LogP contribution in [0.15, 0.2) is 95.6 Å². The third-order valence-corrected chi connectivity index (χ3v) is 4.61. The van der Waals surface area contributed by atoms with E-state index in [1.54, 1.807) is 6.26 Å². The Bertz CT molecular complexity index is 1190. The Morgan fingerprint density at radius 1 is 0.778 bits per heavy atom. The smallest absolute Gasteiger partial charge is 0.248 e. The number of fused-ring (bicyclic) bond motifs is 1. The first kappa shape index (κ1) is 15.6. The van der Waals surface area contributed by atoms with Crippen molar-refractivity contribution in [1.82, 2.24) is 14.8 Å². The van der Waals surface area contributed by atoms with E-state index < -0.39 is 0 Å². The molecule has 0 N–H and O–H groups in total. The maximum atomic E-state index is 5.79. The summed E-state index contributed by atoms with van der Waals surface area (Å²) in [5.41, 5.74) is 4.88. The summed E-state index contributed by atoms with van der Waals surface area (Å²) in [6.45, 7) is 0.702. The summed E-state index contributed by atoms with van der Waals surface area (Å²) in [5.74, 6) is 0.539. The highest BCUT2D eigenvalue weighted by Crippen LogP contribution is 2.30. The highest BCUT2D eigenvalue weighted by molar-refractivity contribution is 5.91. The van der Waals surface area contributed by atoms with E-state index in [0.717, 1.165) is 27.9 Å². The van der Waals surface area contributed by atoms with Gasteiger partial charge in [0.15, 0.2) is 5.69 Å². The average molecular weight is 351 g/mol. The number of nitrogens with zero attached hydrogens (tertiary/aromatic N) is 3. The zero-order chi connectivity index (χ0) is 18.1. The summed E-state index contributed by atoms with van der Waals surface area (Å²) in [6, 6.07) is 28.5. The lowest BCUT2D eigenvalue weighted by Gasteiger charge is -2.03. The lowest BCUT2D eigenvalue weighted by molar-refractivity contribution is 0.569. The molecule has 3 aromatic carbocycles. The molecule has 4 nitrogen and oxygen atoms in total. The zero-order valence-corrected chi connectivity index (χ0v) is 14.6. The molecule has 0 spiro atoms. The Morgan fingerprint density at radius 3 is 2.30 bits per heavy atom. The Kier molecular flexibility index (Phi) is 3.79. The molecule has 0 amide bonds. The van der Waals surface area contributed by atoms with E-state index >= 15 is 0 Å². The highest BCUT2D eigenvalue weighted by atomic mass is 16.3. The van der Waals surface area contributed by atoms with Crippen LogP contribution in [0.2, 0.25) is 0 Å². The summed E-state index contributed by atoms with van der Waals surface area (Å²) >= 11 is 0. The second kappa shape index (κ2) is 6.57. The molecule has 0 saturated carbocycles. The van der Waals surface area contributed by atoms with E-state index in [4.69, 9.17) is 9.52 Å². The zero-order valence-electron chi connectivity index (χ0n) is 14.6. The largest absolute Gasteiger partial charge is 0.443 e. The second-order valence-corrected chi connectivity index (χ2v) is 6.41. The Hall–Kier alpha value is -3.66. The van der Waals surface area contributed by atoms with Crippen LogP contribution in [0.1, 0.15) is 5.56 Å². The summed E-state index contributed by atoms with van der Waals surface area (Å²) in [5, 5.41) is 5.86. The highest BCUT2D eigenvalue weighted by Gasteiger charge is 2.17. The fourth-order valence-corrected chi connectivity index (χ4v) is 3.29. The van der Waals surface area contributed by atoms with E-state index in [1.807, 2.05) is 65.3 Å². The van der Waals surface area contributed by atoms with Crippen LogP contribution in [0, 0.1) is 0 Å². The van der Waals surface area contributed by atoms with E-state index in [0.29, 0.717) is 12.4 Å². The summed E-state index contributed by atoms with van der Waals surface area (Å²) < 4.78 is 7.80. The molecule has 27 heavy (non-hydrogen) atoms. The Labute approximate surface area is 156 Å². The number of aromatic nitrogens is 3. The van der Waals surface area contributed by atoms with Crippen LogP contribution in [0.3, 0.4) is 0 Å². The quantitative estimate of drug-likeness (QED) is 0.435. The minimum atomic E-state index is 0.539. The minimum absolute atomic E-state index is 0.539. The lowest BCUT2D eigenvalue weighted by atomic mass is 10.2. The molecule has 2 aromatic heterocycles. The molecular weight excluding hydrogens is 334 g/mol. The average Bonchev–Trinajstić information content (AvgIpc) is 3.35. The first-order valence-electron chi connectivity index (χ1n) is 8.89. The van der Waals surface area contributed by atoms with Crippen molar-refractivity contribution in [2.75, 3.05) is 0 Å². The van der Waals surface area contributed by atoms with Gasteiger partial charge in [0.2, 0.25) is 5.89 Å². The molecule has 0 aliphatic heterocycles. The fraction of sp³-hybridized carbons (Fsp3) is 0.0435. The monoisotopic (exact) mass is 351 g/mol. The molecule has 0 aliphatic rings. The summed E-state index contributed by atoms with van der Waals surface area (Å²) in [4.78, 5) is 4.68. The molecule has 0 atom stereocenters. The van der Waals surface area contributed by atoms with Gasteiger partial charge in [0.1, 0.15) is 12.0 Å². The van der Waals surface area contributed by atoms with Crippen molar-refractivity contribution in [2.45, 2.75) is 6.54 Å². The third kappa shape index (κ3) is 2.91. The SMILES string of the molecule is c1ccc(Cn2nc(-c3nc(-c4ccccc4)co3)c3ccccc32)cc1. The van der Waals surface area contributed by atoms with Crippen molar-refractivity contribution < 1.29 is 4.42 Å². The van der Waals surface area contributed by atoms with Gasteiger partial charge in [0, 0.05) is 10.9 Å². The van der Waals surface area contributed by atoms with Gasteiger partial charge in [-0.1, -0.05) is 78.9 Å². The molecule has 130 valence electrons. The molecule has 0 unspecified atom stereocenters. The second-order valence-electron chi connectivity index (χ2n) is 6.41. The standard InChI is InChI=1S/C23H17N3O/c1-3-9-17(10-4-1)15-26-21-14-8-7-13-19(21)22(25-26)23-24-20(16-27-23)18-11-5-2-6-12-18/h1-14,16H,15H2. The molecule has 0 fully saturated rings. The number of hydrogen-bond donors (Lipinski definition) is 0. The van der Waals surface area contributed by atoms with Crippen molar-refractivity contribution in [3.05, 3.63) is 96.8 Å². The molecule has 5 aromatic rings. The molecular formula is C23H17N3O. The van der Waals surface area contributed by atoms with Crippen molar-refractivity contribution >= 4 is 10.9 Å². The van der Waals surface area contributed by atoms with Crippen LogP contribution >= 0.6 is 0 Å². The van der Waals surface area contributed by atoms with Crippen molar-refractivity contribution in [2.24, 2.45) is 0 Å². The molecule has 4 heteroatoms. The topological polar surface area (TPSA) is 43.9 Å². The summed E-state index contributed by atoms with van der Waals surface area (Å²) in [6.07, 6.45) is 1.69.